The van der Waals surface area contributed by atoms with Gasteiger partial charge in [-0.25, -0.2) is 19.7 Å². The normalized spacial score (nSPS) is 16.9. The van der Waals surface area contributed by atoms with Crippen molar-refractivity contribution in [3.63, 3.8) is 0 Å². The van der Waals surface area contributed by atoms with Crippen molar-refractivity contribution >= 4 is 35.0 Å². The second kappa shape index (κ2) is 12.7. The van der Waals surface area contributed by atoms with Gasteiger partial charge >= 0.3 is 5.97 Å². The number of nitrogens with two attached hydrogens (primary N) is 1. The molecule has 246 valence electrons. The van der Waals surface area contributed by atoms with E-state index in [0.29, 0.717) is 41.5 Å². The number of aromatic nitrogens is 5. The number of aliphatic carboxylic acids is 1. The summed E-state index contributed by atoms with van der Waals surface area (Å²) in [6.07, 6.45) is 8.01. The van der Waals surface area contributed by atoms with Crippen LogP contribution in [0.5, 0.6) is 0 Å². The van der Waals surface area contributed by atoms with Gasteiger partial charge in [0, 0.05) is 50.3 Å². The number of ether oxygens (including phenoxy) is 1. The number of anilines is 3. The van der Waals surface area contributed by atoms with Gasteiger partial charge in [-0.1, -0.05) is 43.6 Å². The summed E-state index contributed by atoms with van der Waals surface area (Å²) in [6, 6.07) is 8.10. The van der Waals surface area contributed by atoms with Crippen molar-refractivity contribution in [3.05, 3.63) is 70.9 Å². The van der Waals surface area contributed by atoms with Crippen LogP contribution in [0.4, 0.5) is 17.5 Å². The highest BCUT2D eigenvalue weighted by molar-refractivity contribution is 6.31. The average Bonchev–Trinajstić information content (AvgIpc) is 3.03. The lowest BCUT2D eigenvalue weighted by Crippen LogP contribution is -2.39. The van der Waals surface area contributed by atoms with E-state index in [1.165, 1.54) is 5.56 Å². The van der Waals surface area contributed by atoms with Crippen molar-refractivity contribution in [3.8, 4) is 22.5 Å². The van der Waals surface area contributed by atoms with Crippen LogP contribution in [0.2, 0.25) is 5.15 Å². The summed E-state index contributed by atoms with van der Waals surface area (Å²) in [6.45, 7) is 12.8. The Bertz CT molecular complexity index is 1780. The van der Waals surface area contributed by atoms with Gasteiger partial charge in [-0.05, 0) is 68.2 Å². The molecule has 2 aliphatic rings. The second-order valence-electron chi connectivity index (χ2n) is 14.0. The van der Waals surface area contributed by atoms with Crippen LogP contribution in [0.25, 0.3) is 22.5 Å². The van der Waals surface area contributed by atoms with Crippen LogP contribution in [-0.2, 0) is 22.5 Å². The molecule has 0 bridgehead atoms. The first-order valence-corrected chi connectivity index (χ1v) is 16.3. The molecule has 12 heteroatoms. The van der Waals surface area contributed by atoms with Gasteiger partial charge in [0.05, 0.1) is 28.7 Å². The van der Waals surface area contributed by atoms with Crippen molar-refractivity contribution in [1.82, 2.24) is 24.9 Å². The Hall–Kier alpha value is -4.35. The van der Waals surface area contributed by atoms with Crippen LogP contribution < -0.4 is 15.5 Å². The summed E-state index contributed by atoms with van der Waals surface area (Å²) >= 11 is 6.79. The number of piperidine rings is 1. The Morgan fingerprint density at radius 1 is 1.00 bits per heavy atom. The molecule has 5 heterocycles. The Labute approximate surface area is 280 Å². The van der Waals surface area contributed by atoms with Crippen LogP contribution in [0.15, 0.2) is 49.1 Å². The summed E-state index contributed by atoms with van der Waals surface area (Å²) in [5.41, 5.74) is 12.4. The second-order valence-corrected chi connectivity index (χ2v) is 14.4. The predicted octanol–water partition coefficient (Wildman–Crippen LogP) is 6.36. The number of hydrogen-bond donors (Lipinski definition) is 2. The number of benzene rings is 1. The minimum absolute atomic E-state index is 0.0417. The molecular formula is C35H41ClN8O3. The maximum Gasteiger partial charge on any atom is 0.337 e. The molecule has 6 rings (SSSR count). The third kappa shape index (κ3) is 7.01. The predicted molar refractivity (Wildman–Crippen MR) is 183 cm³/mol. The molecule has 0 saturated carbocycles. The van der Waals surface area contributed by atoms with E-state index < -0.39 is 17.7 Å². The molecular weight excluding hydrogens is 616 g/mol. The third-order valence-electron chi connectivity index (χ3n) is 8.84. The molecule has 1 fully saturated rings. The first-order chi connectivity index (χ1) is 22.3. The number of halogens is 1. The van der Waals surface area contributed by atoms with Crippen molar-refractivity contribution in [1.29, 1.82) is 0 Å². The number of carboxylic acids is 1. The van der Waals surface area contributed by atoms with E-state index in [1.807, 2.05) is 32.9 Å². The van der Waals surface area contributed by atoms with Gasteiger partial charge in [-0.3, -0.25) is 9.97 Å². The third-order valence-corrected chi connectivity index (χ3v) is 9.13. The number of rotatable bonds is 7. The number of carbonyl (C=O) groups is 1. The van der Waals surface area contributed by atoms with Gasteiger partial charge in [0.2, 0.25) is 5.95 Å². The number of pyridine rings is 1. The summed E-state index contributed by atoms with van der Waals surface area (Å²) in [4.78, 5) is 39.5. The van der Waals surface area contributed by atoms with E-state index >= 15 is 0 Å². The number of nitrogens with zero attached hydrogens (tertiary/aromatic N) is 7. The first-order valence-electron chi connectivity index (χ1n) is 15.9. The SMILES string of the molecule is CC1(C)CCN(c2c(-c3ccc4c(c3)CCN(c3nccc(-c5cnccn5)n3)C4)c(N)nc(Cl)c2[C@H](OC(C)(C)C)C(=O)O)CC1. The van der Waals surface area contributed by atoms with E-state index in [-0.39, 0.29) is 16.4 Å². The number of fused-ring (bicyclic) bond motifs is 1. The summed E-state index contributed by atoms with van der Waals surface area (Å²) in [5, 5.41) is 10.5. The highest BCUT2D eigenvalue weighted by Crippen LogP contribution is 2.47. The highest BCUT2D eigenvalue weighted by Gasteiger charge is 2.37. The summed E-state index contributed by atoms with van der Waals surface area (Å²) in [5.74, 6) is -0.244. The minimum Gasteiger partial charge on any atom is -0.479 e. The van der Waals surface area contributed by atoms with Crippen molar-refractivity contribution in [2.24, 2.45) is 5.41 Å². The fourth-order valence-corrected chi connectivity index (χ4v) is 6.58. The van der Waals surface area contributed by atoms with E-state index in [0.717, 1.165) is 49.2 Å². The Kier molecular flexibility index (Phi) is 8.80. The van der Waals surface area contributed by atoms with Crippen molar-refractivity contribution in [2.75, 3.05) is 35.2 Å². The van der Waals surface area contributed by atoms with Gasteiger partial charge < -0.3 is 25.4 Å². The molecule has 3 N–H and O–H groups in total. The molecule has 1 saturated heterocycles. The van der Waals surface area contributed by atoms with Crippen LogP contribution in [0.1, 0.15) is 70.3 Å². The molecule has 0 spiro atoms. The molecule has 2 aliphatic heterocycles. The molecule has 0 aliphatic carbocycles. The van der Waals surface area contributed by atoms with Gasteiger partial charge in [0.25, 0.3) is 0 Å². The quantitative estimate of drug-likeness (QED) is 0.214. The monoisotopic (exact) mass is 656 g/mol. The zero-order chi connectivity index (χ0) is 33.5. The maximum absolute atomic E-state index is 12.8. The first kappa shape index (κ1) is 32.6. The molecule has 0 radical (unpaired) electrons. The van der Waals surface area contributed by atoms with E-state index in [2.05, 4.69) is 55.7 Å². The number of carboxylic acid groups (broad SMARTS) is 1. The molecule has 1 aromatic carbocycles. The zero-order valence-electron chi connectivity index (χ0n) is 27.5. The lowest BCUT2D eigenvalue weighted by atomic mass is 9.82. The lowest BCUT2D eigenvalue weighted by Gasteiger charge is -2.41. The topological polar surface area (TPSA) is 143 Å². The summed E-state index contributed by atoms with van der Waals surface area (Å²) in [7, 11) is 0. The molecule has 47 heavy (non-hydrogen) atoms. The minimum atomic E-state index is -1.33. The van der Waals surface area contributed by atoms with E-state index in [9.17, 15) is 9.90 Å². The highest BCUT2D eigenvalue weighted by atomic mass is 35.5. The number of nitrogen functional groups attached to an aromatic ring is 1. The van der Waals surface area contributed by atoms with Crippen LogP contribution in [-0.4, -0.2) is 61.2 Å². The van der Waals surface area contributed by atoms with Crippen LogP contribution >= 0.6 is 11.6 Å². The number of hydrogen-bond acceptors (Lipinski definition) is 10. The van der Waals surface area contributed by atoms with Crippen molar-refractivity contribution < 1.29 is 14.6 Å². The molecule has 1 atom stereocenters. The average molecular weight is 657 g/mol. The van der Waals surface area contributed by atoms with Gasteiger partial charge in [0.15, 0.2) is 6.10 Å². The molecule has 3 aromatic heterocycles. The largest absolute Gasteiger partial charge is 0.479 e. The Morgan fingerprint density at radius 2 is 1.77 bits per heavy atom. The Balaban J connectivity index is 1.39. The summed E-state index contributed by atoms with van der Waals surface area (Å²) < 4.78 is 6.13. The standard InChI is InChI=1S/C35H41ClN8O3/c1-34(2,3)47-29(32(45)46)27-28(43-16-10-35(4,5)11-17-43)26(31(37)42-30(27)36)22-6-7-23-20-44(15-9-21(23)18-22)33-40-12-8-24(41-33)25-19-38-13-14-39-25/h6-8,12-14,18-19,29H,9-11,15-17,20H2,1-5H3,(H2,37,42)(H,45,46)/t29-/m0/s1. The fourth-order valence-electron chi connectivity index (χ4n) is 6.30. The van der Waals surface area contributed by atoms with E-state index in [4.69, 9.17) is 27.1 Å². The zero-order valence-corrected chi connectivity index (χ0v) is 28.3. The van der Waals surface area contributed by atoms with Gasteiger partial charge in [-0.15, -0.1) is 0 Å². The van der Waals surface area contributed by atoms with E-state index in [1.54, 1.807) is 24.8 Å². The molecule has 11 nitrogen and oxygen atoms in total. The lowest BCUT2D eigenvalue weighted by molar-refractivity contribution is -0.160. The maximum atomic E-state index is 12.8. The molecule has 4 aromatic rings. The molecule has 0 unspecified atom stereocenters. The van der Waals surface area contributed by atoms with Crippen LogP contribution in [0, 0.1) is 5.41 Å². The van der Waals surface area contributed by atoms with Gasteiger partial charge in [-0.2, -0.15) is 0 Å². The Morgan fingerprint density at radius 3 is 2.45 bits per heavy atom. The molecule has 0 amide bonds. The smallest absolute Gasteiger partial charge is 0.337 e. The van der Waals surface area contributed by atoms with Gasteiger partial charge in [0.1, 0.15) is 16.7 Å². The van der Waals surface area contributed by atoms with Crippen LogP contribution in [0.3, 0.4) is 0 Å². The van der Waals surface area contributed by atoms with Crippen molar-refractivity contribution in [2.45, 2.75) is 72.1 Å². The fraction of sp³-hybridized carbons (Fsp3) is 0.429.